The molecule has 0 fully saturated rings. The Morgan fingerprint density at radius 3 is 2.31 bits per heavy atom. The second-order valence-corrected chi connectivity index (χ2v) is 6.61. The molecule has 0 bridgehead atoms. The van der Waals surface area contributed by atoms with E-state index in [-0.39, 0.29) is 0 Å². The molecule has 130 valence electrons. The first-order chi connectivity index (χ1) is 12.6. The molecule has 2 aromatic carbocycles. The molecule has 1 atom stereocenters. The molecule has 5 heteroatoms. The van der Waals surface area contributed by atoms with Crippen molar-refractivity contribution in [2.24, 2.45) is 0 Å². The number of benzene rings is 2. The predicted octanol–water partition coefficient (Wildman–Crippen LogP) is 4.11. The summed E-state index contributed by atoms with van der Waals surface area (Å²) in [4.78, 5) is 15.5. The van der Waals surface area contributed by atoms with Crippen molar-refractivity contribution in [3.05, 3.63) is 72.8 Å². The van der Waals surface area contributed by atoms with Crippen molar-refractivity contribution >= 4 is 11.0 Å². The SMILES string of the molecule is C[C@@H](c1ccc(-c2nccn2-c2ccc3nccnc3c2)cc1)N(C)C. The molecule has 0 amide bonds. The fourth-order valence-corrected chi connectivity index (χ4v) is 3.04. The maximum atomic E-state index is 4.57. The molecular formula is C21H21N5. The van der Waals surface area contributed by atoms with Gasteiger partial charge in [0.2, 0.25) is 0 Å². The lowest BCUT2D eigenvalue weighted by molar-refractivity contribution is 0.321. The molecule has 4 aromatic rings. The van der Waals surface area contributed by atoms with Crippen LogP contribution in [0.3, 0.4) is 0 Å². The summed E-state index contributed by atoms with van der Waals surface area (Å²) < 4.78 is 2.08. The van der Waals surface area contributed by atoms with Crippen molar-refractivity contribution < 1.29 is 0 Å². The third kappa shape index (κ3) is 2.97. The summed E-state index contributed by atoms with van der Waals surface area (Å²) in [6.45, 7) is 2.20. The minimum absolute atomic E-state index is 0.378. The molecule has 0 aliphatic rings. The second kappa shape index (κ2) is 6.69. The molecule has 0 saturated heterocycles. The van der Waals surface area contributed by atoms with Gasteiger partial charge in [-0.3, -0.25) is 14.5 Å². The van der Waals surface area contributed by atoms with Crippen LogP contribution in [-0.2, 0) is 0 Å². The molecule has 2 heterocycles. The van der Waals surface area contributed by atoms with Gasteiger partial charge in [0.1, 0.15) is 5.82 Å². The van der Waals surface area contributed by atoms with Gasteiger partial charge in [0.05, 0.1) is 11.0 Å². The highest BCUT2D eigenvalue weighted by Crippen LogP contribution is 2.25. The molecule has 5 nitrogen and oxygen atoms in total. The van der Waals surface area contributed by atoms with Crippen LogP contribution in [-0.4, -0.2) is 38.5 Å². The summed E-state index contributed by atoms with van der Waals surface area (Å²) in [6, 6.07) is 15.1. The fraction of sp³-hybridized carbons (Fsp3) is 0.190. The van der Waals surface area contributed by atoms with Gasteiger partial charge in [0.25, 0.3) is 0 Å². The minimum Gasteiger partial charge on any atom is -0.303 e. The Labute approximate surface area is 153 Å². The molecule has 0 radical (unpaired) electrons. The Kier molecular flexibility index (Phi) is 4.22. The van der Waals surface area contributed by atoms with Gasteiger partial charge in [-0.2, -0.15) is 0 Å². The molecule has 2 aromatic heterocycles. The number of hydrogen-bond donors (Lipinski definition) is 0. The maximum absolute atomic E-state index is 4.57. The normalized spacial score (nSPS) is 12.6. The van der Waals surface area contributed by atoms with Crippen molar-refractivity contribution in [1.29, 1.82) is 0 Å². The van der Waals surface area contributed by atoms with Crippen molar-refractivity contribution in [3.8, 4) is 17.1 Å². The molecule has 0 unspecified atom stereocenters. The highest BCUT2D eigenvalue weighted by molar-refractivity contribution is 5.76. The molecule has 0 aliphatic heterocycles. The monoisotopic (exact) mass is 343 g/mol. The summed E-state index contributed by atoms with van der Waals surface area (Å²) in [7, 11) is 4.18. The van der Waals surface area contributed by atoms with E-state index in [1.807, 2.05) is 30.6 Å². The van der Waals surface area contributed by atoms with Crippen LogP contribution in [0.1, 0.15) is 18.5 Å². The zero-order valence-corrected chi connectivity index (χ0v) is 15.2. The lowest BCUT2D eigenvalue weighted by Crippen LogP contribution is -2.16. The van der Waals surface area contributed by atoms with E-state index in [0.29, 0.717) is 6.04 Å². The van der Waals surface area contributed by atoms with E-state index >= 15 is 0 Å². The van der Waals surface area contributed by atoms with Gasteiger partial charge in [-0.05, 0) is 44.8 Å². The lowest BCUT2D eigenvalue weighted by atomic mass is 10.1. The highest BCUT2D eigenvalue weighted by Gasteiger charge is 2.11. The van der Waals surface area contributed by atoms with Gasteiger partial charge in [-0.15, -0.1) is 0 Å². The van der Waals surface area contributed by atoms with E-state index in [9.17, 15) is 0 Å². The first-order valence-electron chi connectivity index (χ1n) is 8.65. The molecule has 4 rings (SSSR count). The number of imidazole rings is 1. The third-order valence-corrected chi connectivity index (χ3v) is 4.80. The van der Waals surface area contributed by atoms with Crippen molar-refractivity contribution in [3.63, 3.8) is 0 Å². The summed E-state index contributed by atoms with van der Waals surface area (Å²) in [5.74, 6) is 0.914. The fourth-order valence-electron chi connectivity index (χ4n) is 3.04. The van der Waals surface area contributed by atoms with Crippen LogP contribution in [0.25, 0.3) is 28.1 Å². The van der Waals surface area contributed by atoms with Crippen LogP contribution < -0.4 is 0 Å². The minimum atomic E-state index is 0.378. The van der Waals surface area contributed by atoms with Crippen molar-refractivity contribution in [2.45, 2.75) is 13.0 Å². The van der Waals surface area contributed by atoms with Crippen LogP contribution in [0.15, 0.2) is 67.3 Å². The standard InChI is InChI=1S/C21H21N5/c1-15(25(2)3)16-4-6-17(7-5-16)21-24-12-13-26(21)18-8-9-19-20(14-18)23-11-10-22-19/h4-15H,1-3H3/t15-/m0/s1. The third-order valence-electron chi connectivity index (χ3n) is 4.80. The largest absolute Gasteiger partial charge is 0.303 e. The van der Waals surface area contributed by atoms with Gasteiger partial charge in [0.15, 0.2) is 0 Å². The summed E-state index contributed by atoms with van der Waals surface area (Å²) in [6.07, 6.45) is 7.22. The molecule has 0 N–H and O–H groups in total. The van der Waals surface area contributed by atoms with Gasteiger partial charge in [0, 0.05) is 42.1 Å². The Bertz CT molecular complexity index is 1030. The van der Waals surface area contributed by atoms with Gasteiger partial charge in [-0.1, -0.05) is 24.3 Å². The van der Waals surface area contributed by atoms with Gasteiger partial charge in [-0.25, -0.2) is 4.98 Å². The van der Waals surface area contributed by atoms with Gasteiger partial charge < -0.3 is 4.90 Å². The van der Waals surface area contributed by atoms with Crippen LogP contribution in [0.4, 0.5) is 0 Å². The van der Waals surface area contributed by atoms with E-state index in [1.54, 1.807) is 12.4 Å². The predicted molar refractivity (Wildman–Crippen MR) is 104 cm³/mol. The quantitative estimate of drug-likeness (QED) is 0.559. The Balaban J connectivity index is 1.72. The highest BCUT2D eigenvalue weighted by atomic mass is 15.1. The number of hydrogen-bond acceptors (Lipinski definition) is 4. The first kappa shape index (κ1) is 16.4. The number of aromatic nitrogens is 4. The second-order valence-electron chi connectivity index (χ2n) is 6.61. The number of rotatable bonds is 4. The van der Waals surface area contributed by atoms with Crippen LogP contribution in [0, 0.1) is 0 Å². The van der Waals surface area contributed by atoms with Crippen molar-refractivity contribution in [1.82, 2.24) is 24.4 Å². The zero-order valence-electron chi connectivity index (χ0n) is 15.2. The van der Waals surface area contributed by atoms with E-state index in [0.717, 1.165) is 28.1 Å². The first-order valence-corrected chi connectivity index (χ1v) is 8.65. The zero-order chi connectivity index (χ0) is 18.1. The van der Waals surface area contributed by atoms with E-state index in [1.165, 1.54) is 5.56 Å². The van der Waals surface area contributed by atoms with Crippen molar-refractivity contribution in [2.75, 3.05) is 14.1 Å². The Morgan fingerprint density at radius 1 is 0.846 bits per heavy atom. The number of fused-ring (bicyclic) bond motifs is 1. The Hall–Kier alpha value is -3.05. The average molecular weight is 343 g/mol. The smallest absolute Gasteiger partial charge is 0.144 e. The molecule has 0 spiro atoms. The molecular weight excluding hydrogens is 322 g/mol. The average Bonchev–Trinajstić information content (AvgIpc) is 3.17. The molecule has 0 aliphatic carbocycles. The maximum Gasteiger partial charge on any atom is 0.144 e. The van der Waals surface area contributed by atoms with E-state index in [2.05, 4.69) is 69.7 Å². The topological polar surface area (TPSA) is 46.8 Å². The lowest BCUT2D eigenvalue weighted by Gasteiger charge is -2.20. The van der Waals surface area contributed by atoms with Crippen LogP contribution in [0.5, 0.6) is 0 Å². The van der Waals surface area contributed by atoms with E-state index < -0.39 is 0 Å². The number of nitrogens with zero attached hydrogens (tertiary/aromatic N) is 5. The summed E-state index contributed by atoms with van der Waals surface area (Å²) in [5.41, 5.74) is 5.16. The van der Waals surface area contributed by atoms with E-state index in [4.69, 9.17) is 0 Å². The molecule has 26 heavy (non-hydrogen) atoms. The van der Waals surface area contributed by atoms with Crippen LogP contribution in [0.2, 0.25) is 0 Å². The van der Waals surface area contributed by atoms with Gasteiger partial charge >= 0.3 is 0 Å². The summed E-state index contributed by atoms with van der Waals surface area (Å²) in [5, 5.41) is 0. The summed E-state index contributed by atoms with van der Waals surface area (Å²) >= 11 is 0. The van der Waals surface area contributed by atoms with Crippen LogP contribution >= 0.6 is 0 Å². The Morgan fingerprint density at radius 2 is 1.58 bits per heavy atom. The molecule has 0 saturated carbocycles.